The van der Waals surface area contributed by atoms with Crippen molar-refractivity contribution >= 4 is 22.2 Å². The standard InChI is InChI=1S/C19H19FN4O2S/c20-15-4-2-14(3-5-15)13-22-6-1-7-23(9-8-22)17(25)16-12-21-19-24(18(16)26)10-11-27-19/h2-5,10-12H,1,6-9,13H2. The number of nitrogens with zero attached hydrogens (tertiary/aromatic N) is 4. The second-order valence-electron chi connectivity index (χ2n) is 6.58. The monoisotopic (exact) mass is 386 g/mol. The predicted molar refractivity (Wildman–Crippen MR) is 102 cm³/mol. The summed E-state index contributed by atoms with van der Waals surface area (Å²) in [4.78, 5) is 34.2. The minimum Gasteiger partial charge on any atom is -0.337 e. The number of hydrogen-bond acceptors (Lipinski definition) is 5. The van der Waals surface area contributed by atoms with Gasteiger partial charge in [0.25, 0.3) is 11.5 Å². The number of benzene rings is 1. The van der Waals surface area contributed by atoms with E-state index in [1.54, 1.807) is 28.6 Å². The summed E-state index contributed by atoms with van der Waals surface area (Å²) in [7, 11) is 0. The summed E-state index contributed by atoms with van der Waals surface area (Å²) >= 11 is 1.36. The molecule has 1 aliphatic heterocycles. The number of thiazole rings is 1. The van der Waals surface area contributed by atoms with Crippen LogP contribution in [0.5, 0.6) is 0 Å². The smallest absolute Gasteiger partial charge is 0.271 e. The van der Waals surface area contributed by atoms with E-state index in [4.69, 9.17) is 0 Å². The fourth-order valence-corrected chi connectivity index (χ4v) is 4.00. The van der Waals surface area contributed by atoms with Crippen LogP contribution in [-0.2, 0) is 6.54 Å². The van der Waals surface area contributed by atoms with Crippen molar-refractivity contribution in [1.29, 1.82) is 0 Å². The topological polar surface area (TPSA) is 57.9 Å². The van der Waals surface area contributed by atoms with E-state index in [1.165, 1.54) is 34.1 Å². The molecule has 2 aromatic heterocycles. The molecule has 0 N–H and O–H groups in total. The van der Waals surface area contributed by atoms with Crippen molar-refractivity contribution in [2.24, 2.45) is 0 Å². The molecule has 1 amide bonds. The first-order valence-corrected chi connectivity index (χ1v) is 9.71. The number of halogens is 1. The van der Waals surface area contributed by atoms with Crippen LogP contribution in [-0.4, -0.2) is 51.3 Å². The van der Waals surface area contributed by atoms with Crippen molar-refractivity contribution in [2.45, 2.75) is 13.0 Å². The third-order valence-electron chi connectivity index (χ3n) is 4.77. The second-order valence-corrected chi connectivity index (χ2v) is 7.45. The van der Waals surface area contributed by atoms with Gasteiger partial charge in [0.15, 0.2) is 4.96 Å². The molecule has 0 bridgehead atoms. The summed E-state index contributed by atoms with van der Waals surface area (Å²) in [6.45, 7) is 3.42. The van der Waals surface area contributed by atoms with Gasteiger partial charge in [-0.1, -0.05) is 12.1 Å². The summed E-state index contributed by atoms with van der Waals surface area (Å²) < 4.78 is 14.5. The van der Waals surface area contributed by atoms with Crippen molar-refractivity contribution in [3.05, 3.63) is 69.3 Å². The molecule has 27 heavy (non-hydrogen) atoms. The Morgan fingerprint density at radius 2 is 1.96 bits per heavy atom. The van der Waals surface area contributed by atoms with Crippen LogP contribution in [0.3, 0.4) is 0 Å². The third kappa shape index (κ3) is 3.77. The molecule has 3 heterocycles. The molecule has 6 nitrogen and oxygen atoms in total. The molecule has 1 fully saturated rings. The number of fused-ring (bicyclic) bond motifs is 1. The highest BCUT2D eigenvalue weighted by atomic mass is 32.1. The van der Waals surface area contributed by atoms with E-state index in [0.29, 0.717) is 31.1 Å². The molecule has 0 spiro atoms. The maximum Gasteiger partial charge on any atom is 0.271 e. The fourth-order valence-electron chi connectivity index (χ4n) is 3.32. The maximum atomic E-state index is 13.1. The van der Waals surface area contributed by atoms with Gasteiger partial charge in [-0.2, -0.15) is 0 Å². The molecule has 0 radical (unpaired) electrons. The van der Waals surface area contributed by atoms with Gasteiger partial charge in [-0.05, 0) is 24.1 Å². The Morgan fingerprint density at radius 3 is 2.78 bits per heavy atom. The predicted octanol–water partition coefficient (Wildman–Crippen LogP) is 2.24. The summed E-state index contributed by atoms with van der Waals surface area (Å²) in [5.74, 6) is -0.509. The zero-order valence-corrected chi connectivity index (χ0v) is 15.5. The second kappa shape index (κ2) is 7.58. The molecule has 0 aliphatic carbocycles. The lowest BCUT2D eigenvalue weighted by Crippen LogP contribution is -2.38. The van der Waals surface area contributed by atoms with Gasteiger partial charge in [-0.3, -0.25) is 18.9 Å². The molecule has 0 saturated carbocycles. The summed E-state index contributed by atoms with van der Waals surface area (Å²) in [5.41, 5.74) is 0.832. The number of rotatable bonds is 3. The zero-order chi connectivity index (χ0) is 18.8. The van der Waals surface area contributed by atoms with E-state index in [0.717, 1.165) is 18.5 Å². The number of aromatic nitrogens is 2. The minimum atomic E-state index is -0.321. The van der Waals surface area contributed by atoms with Crippen molar-refractivity contribution in [3.63, 3.8) is 0 Å². The Hall–Kier alpha value is -2.58. The van der Waals surface area contributed by atoms with E-state index < -0.39 is 0 Å². The Balaban J connectivity index is 1.45. The maximum absolute atomic E-state index is 13.1. The van der Waals surface area contributed by atoms with Crippen molar-refractivity contribution in [3.8, 4) is 0 Å². The van der Waals surface area contributed by atoms with Crippen LogP contribution in [0.4, 0.5) is 4.39 Å². The summed E-state index contributed by atoms with van der Waals surface area (Å²) in [6.07, 6.45) is 3.85. The van der Waals surface area contributed by atoms with Crippen molar-refractivity contribution in [2.75, 3.05) is 26.2 Å². The Morgan fingerprint density at radius 1 is 1.15 bits per heavy atom. The SMILES string of the molecule is O=C(c1cnc2sccn2c1=O)N1CCCN(Cc2ccc(F)cc2)CC1. The lowest BCUT2D eigenvalue weighted by molar-refractivity contribution is 0.0758. The molecule has 8 heteroatoms. The van der Waals surface area contributed by atoms with Crippen LogP contribution in [0.2, 0.25) is 0 Å². The van der Waals surface area contributed by atoms with E-state index >= 15 is 0 Å². The first-order chi connectivity index (χ1) is 13.1. The Labute approximate surface area is 159 Å². The van der Waals surface area contributed by atoms with Crippen LogP contribution in [0.25, 0.3) is 4.96 Å². The average molecular weight is 386 g/mol. The minimum absolute atomic E-state index is 0.109. The molecule has 1 saturated heterocycles. The highest BCUT2D eigenvalue weighted by molar-refractivity contribution is 7.15. The van der Waals surface area contributed by atoms with Crippen LogP contribution >= 0.6 is 11.3 Å². The van der Waals surface area contributed by atoms with Crippen LogP contribution in [0, 0.1) is 5.82 Å². The van der Waals surface area contributed by atoms with Gasteiger partial charge in [0.05, 0.1) is 0 Å². The van der Waals surface area contributed by atoms with Gasteiger partial charge in [-0.15, -0.1) is 11.3 Å². The molecule has 1 aromatic carbocycles. The highest BCUT2D eigenvalue weighted by Crippen LogP contribution is 2.12. The van der Waals surface area contributed by atoms with E-state index in [-0.39, 0.29) is 22.8 Å². The van der Waals surface area contributed by atoms with Crippen LogP contribution in [0.15, 0.2) is 46.8 Å². The molecule has 4 rings (SSSR count). The average Bonchev–Trinajstić information content (AvgIpc) is 3.04. The molecular weight excluding hydrogens is 367 g/mol. The number of amides is 1. The first-order valence-electron chi connectivity index (χ1n) is 8.83. The van der Waals surface area contributed by atoms with Gasteiger partial charge < -0.3 is 4.90 Å². The number of carbonyl (C=O) groups is 1. The number of carbonyl (C=O) groups excluding carboxylic acids is 1. The number of hydrogen-bond donors (Lipinski definition) is 0. The molecule has 0 atom stereocenters. The molecular formula is C19H19FN4O2S. The van der Waals surface area contributed by atoms with Gasteiger partial charge >= 0.3 is 0 Å². The van der Waals surface area contributed by atoms with Crippen molar-refractivity contribution in [1.82, 2.24) is 19.2 Å². The van der Waals surface area contributed by atoms with E-state index in [1.807, 2.05) is 0 Å². The fraction of sp³-hybridized carbons (Fsp3) is 0.316. The third-order valence-corrected chi connectivity index (χ3v) is 5.54. The zero-order valence-electron chi connectivity index (χ0n) is 14.7. The van der Waals surface area contributed by atoms with Crippen LogP contribution < -0.4 is 5.56 Å². The molecule has 0 unspecified atom stereocenters. The molecule has 3 aromatic rings. The van der Waals surface area contributed by atoms with Gasteiger partial charge in [0.2, 0.25) is 0 Å². The van der Waals surface area contributed by atoms with Gasteiger partial charge in [0.1, 0.15) is 11.4 Å². The lowest BCUT2D eigenvalue weighted by Gasteiger charge is -2.22. The Bertz CT molecular complexity index is 1010. The van der Waals surface area contributed by atoms with Crippen LogP contribution in [0.1, 0.15) is 22.3 Å². The van der Waals surface area contributed by atoms with E-state index in [2.05, 4.69) is 9.88 Å². The van der Waals surface area contributed by atoms with Crippen molar-refractivity contribution < 1.29 is 9.18 Å². The lowest BCUT2D eigenvalue weighted by atomic mass is 10.2. The quantitative estimate of drug-likeness (QED) is 0.693. The Kier molecular flexibility index (Phi) is 5.00. The normalized spacial score (nSPS) is 15.8. The highest BCUT2D eigenvalue weighted by Gasteiger charge is 2.23. The van der Waals surface area contributed by atoms with Gasteiger partial charge in [0, 0.05) is 50.5 Å². The van der Waals surface area contributed by atoms with E-state index in [9.17, 15) is 14.0 Å². The summed E-state index contributed by atoms with van der Waals surface area (Å²) in [5, 5.41) is 1.78. The first kappa shape index (κ1) is 17.8. The molecule has 1 aliphatic rings. The largest absolute Gasteiger partial charge is 0.337 e. The van der Waals surface area contributed by atoms with Gasteiger partial charge in [-0.25, -0.2) is 9.37 Å². The molecule has 140 valence electrons. The summed E-state index contributed by atoms with van der Waals surface area (Å²) in [6, 6.07) is 6.49.